The fourth-order valence-electron chi connectivity index (χ4n) is 1.75. The normalized spacial score (nSPS) is 10.4. The number of aromatic nitrogens is 4. The van der Waals surface area contributed by atoms with Gasteiger partial charge in [0, 0.05) is 12.7 Å². The van der Waals surface area contributed by atoms with Crippen molar-refractivity contribution in [2.75, 3.05) is 11.9 Å². The van der Waals surface area contributed by atoms with Gasteiger partial charge in [-0.1, -0.05) is 6.08 Å². The lowest BCUT2D eigenvalue weighted by molar-refractivity contribution is 1.06. The first-order valence-electron chi connectivity index (χ1n) is 6.44. The summed E-state index contributed by atoms with van der Waals surface area (Å²) in [5.74, 6) is 0.616. The third kappa shape index (κ3) is 3.23. The van der Waals surface area contributed by atoms with E-state index >= 15 is 0 Å². The average Bonchev–Trinajstić information content (AvgIpc) is 3.06. The van der Waals surface area contributed by atoms with E-state index in [0.29, 0.717) is 23.1 Å². The Labute approximate surface area is 136 Å². The smallest absolute Gasteiger partial charge is 0.180 e. The number of hydrogen-bond acceptors (Lipinski definition) is 6. The molecular formula is C14H12N6S2. The van der Waals surface area contributed by atoms with Gasteiger partial charge in [0.25, 0.3) is 0 Å². The Balaban J connectivity index is 1.87. The molecule has 8 heteroatoms. The molecule has 0 atom stereocenters. The topological polar surface area (TPSA) is 75.6 Å². The van der Waals surface area contributed by atoms with Crippen LogP contribution in [0.25, 0.3) is 21.7 Å². The van der Waals surface area contributed by atoms with Gasteiger partial charge in [-0.15, -0.1) is 17.9 Å². The largest absolute Gasteiger partial charge is 0.359 e. The molecule has 0 aliphatic carbocycles. The molecule has 0 amide bonds. The van der Waals surface area contributed by atoms with Crippen LogP contribution in [-0.2, 0) is 0 Å². The number of thiocarbonyl (C=S) groups is 1. The van der Waals surface area contributed by atoms with Crippen molar-refractivity contribution >= 4 is 45.6 Å². The molecule has 0 unspecified atom stereocenters. The SMILES string of the molecule is C=CCNC(=S)Nc1ccc2ncc(-c3cncs3)nc2n1. The highest BCUT2D eigenvalue weighted by Crippen LogP contribution is 2.22. The minimum atomic E-state index is 0.485. The summed E-state index contributed by atoms with van der Waals surface area (Å²) in [6.45, 7) is 4.22. The fourth-order valence-corrected chi connectivity index (χ4v) is 2.52. The van der Waals surface area contributed by atoms with Gasteiger partial charge in [0.1, 0.15) is 17.0 Å². The van der Waals surface area contributed by atoms with Crippen molar-refractivity contribution in [1.29, 1.82) is 0 Å². The van der Waals surface area contributed by atoms with Gasteiger partial charge in [-0.2, -0.15) is 0 Å². The van der Waals surface area contributed by atoms with E-state index in [2.05, 4.69) is 37.1 Å². The summed E-state index contributed by atoms with van der Waals surface area (Å²) in [4.78, 5) is 18.3. The molecule has 2 N–H and O–H groups in total. The summed E-state index contributed by atoms with van der Waals surface area (Å²) in [7, 11) is 0. The average molecular weight is 328 g/mol. The number of hydrogen-bond donors (Lipinski definition) is 2. The highest BCUT2D eigenvalue weighted by atomic mass is 32.1. The molecule has 0 saturated heterocycles. The van der Waals surface area contributed by atoms with Crippen molar-refractivity contribution < 1.29 is 0 Å². The zero-order valence-corrected chi connectivity index (χ0v) is 13.1. The molecule has 0 aromatic carbocycles. The van der Waals surface area contributed by atoms with E-state index in [1.165, 1.54) is 11.3 Å². The standard InChI is InChI=1S/C14H12N6S2/c1-2-5-16-14(21)20-12-4-3-9-13(19-12)18-10(6-17-9)11-7-15-8-22-11/h2-4,6-8H,1,5H2,(H2,16,18,19,20,21). The number of nitrogens with zero attached hydrogens (tertiary/aromatic N) is 4. The van der Waals surface area contributed by atoms with E-state index in [1.807, 2.05) is 12.1 Å². The first kappa shape index (κ1) is 14.5. The lowest BCUT2D eigenvalue weighted by atomic mass is 10.3. The lowest BCUT2D eigenvalue weighted by Crippen LogP contribution is -2.28. The van der Waals surface area contributed by atoms with Crippen LogP contribution >= 0.6 is 23.6 Å². The molecule has 6 nitrogen and oxygen atoms in total. The third-order valence-electron chi connectivity index (χ3n) is 2.74. The van der Waals surface area contributed by atoms with Gasteiger partial charge in [-0.05, 0) is 24.4 Å². The number of pyridine rings is 1. The molecule has 3 aromatic heterocycles. The fraction of sp³-hybridized carbons (Fsp3) is 0.0714. The first-order valence-corrected chi connectivity index (χ1v) is 7.73. The first-order chi connectivity index (χ1) is 10.8. The Hall–Kier alpha value is -2.45. The highest BCUT2D eigenvalue weighted by molar-refractivity contribution is 7.80. The molecule has 0 saturated carbocycles. The molecule has 3 heterocycles. The van der Waals surface area contributed by atoms with E-state index in [4.69, 9.17) is 12.2 Å². The second-order valence-corrected chi connectivity index (χ2v) is 5.58. The van der Waals surface area contributed by atoms with Gasteiger partial charge in [0.05, 0.1) is 16.6 Å². The van der Waals surface area contributed by atoms with Gasteiger partial charge in [0.15, 0.2) is 10.8 Å². The molecule has 0 bridgehead atoms. The second-order valence-electron chi connectivity index (χ2n) is 4.28. The number of fused-ring (bicyclic) bond motifs is 1. The number of nitrogens with one attached hydrogen (secondary N) is 2. The van der Waals surface area contributed by atoms with E-state index in [0.717, 1.165) is 16.1 Å². The second kappa shape index (κ2) is 6.54. The summed E-state index contributed by atoms with van der Waals surface area (Å²) in [6, 6.07) is 3.66. The monoisotopic (exact) mass is 328 g/mol. The van der Waals surface area contributed by atoms with Crippen LogP contribution in [0.2, 0.25) is 0 Å². The molecule has 0 spiro atoms. The third-order valence-corrected chi connectivity index (χ3v) is 3.78. The number of rotatable bonds is 4. The predicted octanol–water partition coefficient (Wildman–Crippen LogP) is 2.62. The van der Waals surface area contributed by atoms with Crippen molar-refractivity contribution in [2.24, 2.45) is 0 Å². The minimum Gasteiger partial charge on any atom is -0.359 e. The zero-order chi connectivity index (χ0) is 15.4. The Morgan fingerprint density at radius 2 is 2.23 bits per heavy atom. The summed E-state index contributed by atoms with van der Waals surface area (Å²) < 4.78 is 0. The zero-order valence-electron chi connectivity index (χ0n) is 11.5. The maximum absolute atomic E-state index is 5.16. The molecule has 22 heavy (non-hydrogen) atoms. The van der Waals surface area contributed by atoms with Gasteiger partial charge in [-0.3, -0.25) is 9.97 Å². The maximum atomic E-state index is 5.16. The summed E-state index contributed by atoms with van der Waals surface area (Å²) in [5, 5.41) is 6.47. The van der Waals surface area contributed by atoms with Crippen molar-refractivity contribution in [3.63, 3.8) is 0 Å². The van der Waals surface area contributed by atoms with E-state index < -0.39 is 0 Å². The van der Waals surface area contributed by atoms with Crippen LogP contribution in [0.1, 0.15) is 0 Å². The molecule has 3 rings (SSSR count). The Morgan fingerprint density at radius 1 is 1.32 bits per heavy atom. The Kier molecular flexibility index (Phi) is 4.31. The molecule has 0 aliphatic heterocycles. The van der Waals surface area contributed by atoms with Crippen LogP contribution in [0.5, 0.6) is 0 Å². The summed E-state index contributed by atoms with van der Waals surface area (Å²) >= 11 is 6.67. The van der Waals surface area contributed by atoms with Crippen LogP contribution < -0.4 is 10.6 Å². The Bertz CT molecular complexity index is 815. The van der Waals surface area contributed by atoms with Crippen molar-refractivity contribution in [1.82, 2.24) is 25.3 Å². The van der Waals surface area contributed by atoms with E-state index in [9.17, 15) is 0 Å². The van der Waals surface area contributed by atoms with Crippen molar-refractivity contribution in [3.8, 4) is 10.6 Å². The van der Waals surface area contributed by atoms with Crippen molar-refractivity contribution in [3.05, 3.63) is 42.7 Å². The van der Waals surface area contributed by atoms with E-state index in [-0.39, 0.29) is 0 Å². The number of thiazole rings is 1. The van der Waals surface area contributed by atoms with Gasteiger partial charge in [-0.25, -0.2) is 9.97 Å². The minimum absolute atomic E-state index is 0.485. The maximum Gasteiger partial charge on any atom is 0.180 e. The van der Waals surface area contributed by atoms with Crippen LogP contribution in [0, 0.1) is 0 Å². The molecule has 110 valence electrons. The van der Waals surface area contributed by atoms with Crippen LogP contribution in [0.4, 0.5) is 5.82 Å². The van der Waals surface area contributed by atoms with Crippen LogP contribution in [0.15, 0.2) is 42.7 Å². The number of anilines is 1. The summed E-state index contributed by atoms with van der Waals surface area (Å²) in [5.41, 5.74) is 3.80. The molecular weight excluding hydrogens is 316 g/mol. The Morgan fingerprint density at radius 3 is 3.00 bits per heavy atom. The van der Waals surface area contributed by atoms with Gasteiger partial charge < -0.3 is 10.6 Å². The van der Waals surface area contributed by atoms with Crippen molar-refractivity contribution in [2.45, 2.75) is 0 Å². The molecule has 0 fully saturated rings. The van der Waals surface area contributed by atoms with E-state index in [1.54, 1.807) is 24.0 Å². The summed E-state index contributed by atoms with van der Waals surface area (Å²) in [6.07, 6.45) is 5.21. The van der Waals surface area contributed by atoms with Gasteiger partial charge in [0.2, 0.25) is 0 Å². The molecule has 3 aromatic rings. The molecule has 0 radical (unpaired) electrons. The quantitative estimate of drug-likeness (QED) is 0.563. The lowest BCUT2D eigenvalue weighted by Gasteiger charge is -2.08. The highest BCUT2D eigenvalue weighted by Gasteiger charge is 2.06. The molecule has 0 aliphatic rings. The van der Waals surface area contributed by atoms with Crippen LogP contribution in [-0.4, -0.2) is 31.6 Å². The predicted molar refractivity (Wildman–Crippen MR) is 92.9 cm³/mol. The van der Waals surface area contributed by atoms with Crippen LogP contribution in [0.3, 0.4) is 0 Å². The van der Waals surface area contributed by atoms with Gasteiger partial charge >= 0.3 is 0 Å².